The van der Waals surface area contributed by atoms with Crippen molar-refractivity contribution in [2.75, 3.05) is 7.05 Å². The van der Waals surface area contributed by atoms with Crippen molar-refractivity contribution >= 4 is 5.91 Å². The van der Waals surface area contributed by atoms with Gasteiger partial charge in [0, 0.05) is 13.2 Å². The quantitative estimate of drug-likeness (QED) is 0.864. The first kappa shape index (κ1) is 11.8. The molecular formula is C12H9FN4O. The molecule has 0 bridgehead atoms. The highest BCUT2D eigenvalue weighted by atomic mass is 19.1. The molecule has 6 heteroatoms. The molecule has 1 aromatic carbocycles. The summed E-state index contributed by atoms with van der Waals surface area (Å²) in [7, 11) is 1.49. The van der Waals surface area contributed by atoms with E-state index < -0.39 is 5.82 Å². The fourth-order valence-corrected chi connectivity index (χ4v) is 1.47. The van der Waals surface area contributed by atoms with Gasteiger partial charge in [-0.1, -0.05) is 0 Å². The van der Waals surface area contributed by atoms with Crippen LogP contribution in [0.1, 0.15) is 16.1 Å². The first-order chi connectivity index (χ1) is 8.65. The zero-order valence-corrected chi connectivity index (χ0v) is 9.51. The van der Waals surface area contributed by atoms with Crippen LogP contribution in [0.3, 0.4) is 0 Å². The first-order valence-electron chi connectivity index (χ1n) is 5.13. The van der Waals surface area contributed by atoms with Crippen LogP contribution in [-0.2, 0) is 0 Å². The van der Waals surface area contributed by atoms with E-state index in [0.717, 1.165) is 6.07 Å². The van der Waals surface area contributed by atoms with Crippen LogP contribution in [0.4, 0.5) is 4.39 Å². The van der Waals surface area contributed by atoms with Crippen LogP contribution in [0, 0.1) is 17.1 Å². The Hall–Kier alpha value is -2.68. The molecule has 0 unspecified atom stereocenters. The van der Waals surface area contributed by atoms with Gasteiger partial charge in [0.25, 0.3) is 5.91 Å². The molecule has 0 spiro atoms. The van der Waals surface area contributed by atoms with Gasteiger partial charge in [-0.3, -0.25) is 4.79 Å². The van der Waals surface area contributed by atoms with Crippen molar-refractivity contribution in [3.63, 3.8) is 0 Å². The highest BCUT2D eigenvalue weighted by Gasteiger charge is 2.11. The van der Waals surface area contributed by atoms with Crippen LogP contribution in [0.2, 0.25) is 0 Å². The third-order valence-electron chi connectivity index (χ3n) is 2.37. The average Bonchev–Trinajstić information content (AvgIpc) is 2.87. The fraction of sp³-hybridized carbons (Fsp3) is 0.0833. The van der Waals surface area contributed by atoms with Crippen molar-refractivity contribution in [1.82, 2.24) is 15.1 Å². The lowest BCUT2D eigenvalue weighted by Crippen LogP contribution is -2.18. The molecule has 0 radical (unpaired) electrons. The van der Waals surface area contributed by atoms with E-state index in [1.807, 2.05) is 6.07 Å². The number of hydrogen-bond acceptors (Lipinski definition) is 3. The Kier molecular flexibility index (Phi) is 3.06. The molecule has 0 aliphatic carbocycles. The van der Waals surface area contributed by atoms with Gasteiger partial charge in [-0.25, -0.2) is 9.07 Å². The number of carbonyl (C=O) groups excluding carboxylic acids is 1. The Labute approximate surface area is 102 Å². The van der Waals surface area contributed by atoms with Crippen molar-refractivity contribution < 1.29 is 9.18 Å². The number of aromatic nitrogens is 2. The van der Waals surface area contributed by atoms with E-state index in [9.17, 15) is 9.18 Å². The summed E-state index contributed by atoms with van der Waals surface area (Å²) in [6.07, 6.45) is 1.48. The topological polar surface area (TPSA) is 70.7 Å². The van der Waals surface area contributed by atoms with Crippen LogP contribution < -0.4 is 5.32 Å². The number of nitriles is 1. The Balaban J connectivity index is 2.41. The van der Waals surface area contributed by atoms with Gasteiger partial charge in [-0.05, 0) is 24.3 Å². The zero-order chi connectivity index (χ0) is 13.1. The Morgan fingerprint density at radius 1 is 1.50 bits per heavy atom. The number of amides is 1. The molecular weight excluding hydrogens is 235 g/mol. The number of benzene rings is 1. The minimum Gasteiger partial charge on any atom is -0.354 e. The normalized spacial score (nSPS) is 9.83. The molecule has 90 valence electrons. The summed E-state index contributed by atoms with van der Waals surface area (Å²) in [5.41, 5.74) is 0.611. The molecule has 1 amide bonds. The van der Waals surface area contributed by atoms with Gasteiger partial charge < -0.3 is 5.32 Å². The summed E-state index contributed by atoms with van der Waals surface area (Å²) in [5.74, 6) is -0.914. The van der Waals surface area contributed by atoms with E-state index in [-0.39, 0.29) is 22.9 Å². The third kappa shape index (κ3) is 2.06. The second-order valence-electron chi connectivity index (χ2n) is 3.50. The smallest absolute Gasteiger partial charge is 0.271 e. The van der Waals surface area contributed by atoms with Crippen molar-refractivity contribution in [3.05, 3.63) is 47.5 Å². The van der Waals surface area contributed by atoms with E-state index >= 15 is 0 Å². The van der Waals surface area contributed by atoms with E-state index in [1.54, 1.807) is 0 Å². The summed E-state index contributed by atoms with van der Waals surface area (Å²) in [5, 5.41) is 15.0. The zero-order valence-electron chi connectivity index (χ0n) is 9.51. The summed E-state index contributed by atoms with van der Waals surface area (Å²) in [6.45, 7) is 0. The van der Waals surface area contributed by atoms with Gasteiger partial charge in [-0.15, -0.1) is 0 Å². The number of nitrogens with one attached hydrogen (secondary N) is 1. The summed E-state index contributed by atoms with van der Waals surface area (Å²) >= 11 is 0. The maximum atomic E-state index is 13.7. The molecule has 0 saturated carbocycles. The predicted octanol–water partition coefficient (Wildman–Crippen LogP) is 1.24. The SMILES string of the molecule is CNC(=O)c1ccn(-c2ccc(C#N)cc2F)n1. The van der Waals surface area contributed by atoms with E-state index in [1.165, 1.54) is 36.1 Å². The predicted molar refractivity (Wildman–Crippen MR) is 61.6 cm³/mol. The number of carbonyl (C=O) groups is 1. The maximum Gasteiger partial charge on any atom is 0.271 e. The maximum absolute atomic E-state index is 13.7. The average molecular weight is 244 g/mol. The molecule has 0 aliphatic heterocycles. The largest absolute Gasteiger partial charge is 0.354 e. The molecule has 0 aliphatic rings. The van der Waals surface area contributed by atoms with Gasteiger partial charge in [0.1, 0.15) is 11.5 Å². The third-order valence-corrected chi connectivity index (χ3v) is 2.37. The first-order valence-corrected chi connectivity index (χ1v) is 5.13. The van der Waals surface area contributed by atoms with Crippen LogP contribution in [-0.4, -0.2) is 22.7 Å². The van der Waals surface area contributed by atoms with Gasteiger partial charge in [0.2, 0.25) is 0 Å². The molecule has 2 rings (SSSR count). The molecule has 0 atom stereocenters. The lowest BCUT2D eigenvalue weighted by Gasteiger charge is -2.03. The summed E-state index contributed by atoms with van der Waals surface area (Å²) in [4.78, 5) is 11.3. The van der Waals surface area contributed by atoms with Crippen LogP contribution in [0.5, 0.6) is 0 Å². The van der Waals surface area contributed by atoms with E-state index in [4.69, 9.17) is 5.26 Å². The van der Waals surface area contributed by atoms with Gasteiger partial charge in [0.15, 0.2) is 5.69 Å². The number of hydrogen-bond donors (Lipinski definition) is 1. The Morgan fingerprint density at radius 3 is 2.89 bits per heavy atom. The van der Waals surface area contributed by atoms with Crippen molar-refractivity contribution in [2.45, 2.75) is 0 Å². The van der Waals surface area contributed by atoms with Crippen molar-refractivity contribution in [2.24, 2.45) is 0 Å². The lowest BCUT2D eigenvalue weighted by atomic mass is 10.2. The summed E-state index contributed by atoms with van der Waals surface area (Å²) in [6, 6.07) is 7.37. The molecule has 1 N–H and O–H groups in total. The second-order valence-corrected chi connectivity index (χ2v) is 3.50. The Morgan fingerprint density at radius 2 is 2.28 bits per heavy atom. The summed E-state index contributed by atoms with van der Waals surface area (Å²) < 4.78 is 15.0. The van der Waals surface area contributed by atoms with E-state index in [0.29, 0.717) is 0 Å². The highest BCUT2D eigenvalue weighted by molar-refractivity contribution is 5.91. The van der Waals surface area contributed by atoms with Gasteiger partial charge in [-0.2, -0.15) is 10.4 Å². The van der Waals surface area contributed by atoms with E-state index in [2.05, 4.69) is 10.4 Å². The standard InChI is InChI=1S/C12H9FN4O/c1-15-12(18)10-4-5-17(16-10)11-3-2-8(7-14)6-9(11)13/h2-6H,1H3,(H,15,18). The van der Waals surface area contributed by atoms with Gasteiger partial charge in [0.05, 0.1) is 11.6 Å². The molecule has 1 aromatic heterocycles. The van der Waals surface area contributed by atoms with Gasteiger partial charge >= 0.3 is 0 Å². The molecule has 0 saturated heterocycles. The minimum absolute atomic E-state index is 0.184. The fourth-order valence-electron chi connectivity index (χ4n) is 1.47. The van der Waals surface area contributed by atoms with Crippen molar-refractivity contribution in [1.29, 1.82) is 5.26 Å². The van der Waals surface area contributed by atoms with Crippen molar-refractivity contribution in [3.8, 4) is 11.8 Å². The molecule has 1 heterocycles. The van der Waals surface area contributed by atoms with Crippen LogP contribution >= 0.6 is 0 Å². The molecule has 2 aromatic rings. The number of rotatable bonds is 2. The number of halogens is 1. The monoisotopic (exact) mass is 244 g/mol. The Bertz CT molecular complexity index is 642. The minimum atomic E-state index is -0.569. The molecule has 18 heavy (non-hydrogen) atoms. The molecule has 5 nitrogen and oxygen atoms in total. The number of nitrogens with zero attached hydrogens (tertiary/aromatic N) is 3. The highest BCUT2D eigenvalue weighted by Crippen LogP contribution is 2.14. The second kappa shape index (κ2) is 4.67. The van der Waals surface area contributed by atoms with Crippen LogP contribution in [0.25, 0.3) is 5.69 Å². The molecule has 0 fully saturated rings. The lowest BCUT2D eigenvalue weighted by molar-refractivity contribution is 0.0957. The van der Waals surface area contributed by atoms with Crippen LogP contribution in [0.15, 0.2) is 30.5 Å².